The van der Waals surface area contributed by atoms with E-state index in [-0.39, 0.29) is 36.6 Å². The lowest BCUT2D eigenvalue weighted by Crippen LogP contribution is -2.32. The Labute approximate surface area is 317 Å². The number of allylic oxidation sites excluding steroid dienone is 1. The van der Waals surface area contributed by atoms with Crippen LogP contribution in [0.3, 0.4) is 0 Å². The lowest BCUT2D eigenvalue weighted by atomic mass is 9.97. The van der Waals surface area contributed by atoms with E-state index in [0.29, 0.717) is 28.7 Å². The molecular formula is C44H60FN7O. The number of carbonyl (C=O) groups excluding carboxylic acids is 1. The molecule has 0 radical (unpaired) electrons. The molecule has 5 N–H and O–H groups in total. The first-order valence-corrected chi connectivity index (χ1v) is 19.1. The Morgan fingerprint density at radius 1 is 1.08 bits per heavy atom. The van der Waals surface area contributed by atoms with Crippen molar-refractivity contribution in [1.82, 2.24) is 25.5 Å². The van der Waals surface area contributed by atoms with Gasteiger partial charge in [0, 0.05) is 54.2 Å². The fraction of sp³-hybridized carbons (Fsp3) is 0.432. The number of nitrogens with one attached hydrogen (secondary N) is 3. The number of hydrogen-bond acceptors (Lipinski definition) is 6. The van der Waals surface area contributed by atoms with Crippen molar-refractivity contribution in [3.63, 3.8) is 0 Å². The molecule has 0 atom stereocenters. The number of aliphatic imine (C=N–C) groups is 1. The quantitative estimate of drug-likeness (QED) is 0.0713. The zero-order chi connectivity index (χ0) is 38.8. The molecule has 2 aliphatic rings. The summed E-state index contributed by atoms with van der Waals surface area (Å²) in [5.74, 6) is 6.04. The van der Waals surface area contributed by atoms with E-state index < -0.39 is 5.54 Å². The Kier molecular flexibility index (Phi) is 17.1. The number of carbonyl (C=O) groups is 1. The largest absolute Gasteiger partial charge is 0.404 e. The Morgan fingerprint density at radius 2 is 1.75 bits per heavy atom. The smallest absolute Gasteiger partial charge is 0.267 e. The van der Waals surface area contributed by atoms with Crippen LogP contribution in [-0.2, 0) is 16.9 Å². The van der Waals surface area contributed by atoms with E-state index in [1.165, 1.54) is 37.9 Å². The molecule has 3 aromatic rings. The second-order valence-electron chi connectivity index (χ2n) is 13.8. The third-order valence-corrected chi connectivity index (χ3v) is 8.95. The third kappa shape index (κ3) is 13.4. The molecule has 9 heteroatoms. The summed E-state index contributed by atoms with van der Waals surface area (Å²) in [6, 6.07) is 13.4. The van der Waals surface area contributed by atoms with Gasteiger partial charge in [0.1, 0.15) is 5.82 Å². The molecule has 2 aromatic carbocycles. The van der Waals surface area contributed by atoms with Gasteiger partial charge in [-0.25, -0.2) is 9.37 Å². The number of nitrogens with two attached hydrogens (primary N) is 1. The van der Waals surface area contributed by atoms with Crippen molar-refractivity contribution in [3.05, 3.63) is 114 Å². The van der Waals surface area contributed by atoms with Crippen LogP contribution in [0.25, 0.3) is 11.3 Å². The molecule has 0 aliphatic heterocycles. The highest BCUT2D eigenvalue weighted by Gasteiger charge is 2.45. The predicted octanol–water partition coefficient (Wildman–Crippen LogP) is 8.77. The van der Waals surface area contributed by atoms with Gasteiger partial charge in [0.05, 0.1) is 23.8 Å². The molecule has 2 saturated carbocycles. The molecular weight excluding hydrogens is 662 g/mol. The van der Waals surface area contributed by atoms with Crippen molar-refractivity contribution in [1.29, 1.82) is 0 Å². The van der Waals surface area contributed by atoms with Crippen LogP contribution in [0.1, 0.15) is 127 Å². The number of imidazole rings is 1. The summed E-state index contributed by atoms with van der Waals surface area (Å²) in [5.41, 5.74) is 10.3. The molecule has 0 saturated heterocycles. The van der Waals surface area contributed by atoms with E-state index in [1.807, 2.05) is 41.1 Å². The van der Waals surface area contributed by atoms with Crippen molar-refractivity contribution in [3.8, 4) is 11.8 Å². The average Bonchev–Trinajstić information content (AvgIpc) is 4.10. The van der Waals surface area contributed by atoms with Crippen LogP contribution in [0.5, 0.6) is 0 Å². The van der Waals surface area contributed by atoms with Crippen LogP contribution in [-0.4, -0.2) is 34.3 Å². The Morgan fingerprint density at radius 3 is 2.36 bits per heavy atom. The molecule has 8 nitrogen and oxygen atoms in total. The van der Waals surface area contributed by atoms with Crippen molar-refractivity contribution in [2.45, 2.75) is 117 Å². The summed E-state index contributed by atoms with van der Waals surface area (Å²) < 4.78 is 16.8. The lowest BCUT2D eigenvalue weighted by Gasteiger charge is -2.23. The van der Waals surface area contributed by atoms with Gasteiger partial charge in [-0.05, 0) is 80.3 Å². The van der Waals surface area contributed by atoms with Gasteiger partial charge in [0.15, 0.2) is 5.82 Å². The molecule has 2 fully saturated rings. The van der Waals surface area contributed by atoms with Gasteiger partial charge < -0.3 is 26.3 Å². The van der Waals surface area contributed by atoms with Gasteiger partial charge >= 0.3 is 0 Å². The minimum absolute atomic E-state index is 0.220. The van der Waals surface area contributed by atoms with Crippen molar-refractivity contribution < 1.29 is 9.18 Å². The number of hydrogen-bond donors (Lipinski definition) is 4. The average molecular weight is 722 g/mol. The third-order valence-electron chi connectivity index (χ3n) is 8.95. The first kappa shape index (κ1) is 42.3. The number of unbranched alkanes of at least 4 members (excludes halogenated alkanes) is 2. The van der Waals surface area contributed by atoms with Crippen LogP contribution in [0.15, 0.2) is 84.9 Å². The molecule has 5 rings (SSSR count). The molecule has 1 amide bonds. The molecule has 53 heavy (non-hydrogen) atoms. The molecule has 0 bridgehead atoms. The summed E-state index contributed by atoms with van der Waals surface area (Å²) in [5, 5.41) is 9.46. The van der Waals surface area contributed by atoms with E-state index in [9.17, 15) is 9.18 Å². The van der Waals surface area contributed by atoms with E-state index in [2.05, 4.69) is 92.5 Å². The van der Waals surface area contributed by atoms with Crippen molar-refractivity contribution in [2.75, 3.05) is 6.54 Å². The number of halogens is 1. The minimum atomic E-state index is -0.441. The maximum Gasteiger partial charge on any atom is 0.267 e. The Bertz CT molecular complexity index is 1780. The zero-order valence-electron chi connectivity index (χ0n) is 32.7. The number of aromatic nitrogens is 2. The van der Waals surface area contributed by atoms with E-state index in [4.69, 9.17) is 5.73 Å². The van der Waals surface area contributed by atoms with Gasteiger partial charge in [0.2, 0.25) is 0 Å². The van der Waals surface area contributed by atoms with Gasteiger partial charge in [-0.1, -0.05) is 96.7 Å². The first-order chi connectivity index (χ1) is 25.5. The van der Waals surface area contributed by atoms with Crippen LogP contribution in [0, 0.1) is 17.7 Å². The van der Waals surface area contributed by atoms with Crippen LogP contribution >= 0.6 is 0 Å². The second kappa shape index (κ2) is 21.4. The number of amides is 1. The summed E-state index contributed by atoms with van der Waals surface area (Å²) >= 11 is 0. The Hall–Kier alpha value is -5.10. The first-order valence-electron chi connectivity index (χ1n) is 19.1. The van der Waals surface area contributed by atoms with Crippen molar-refractivity contribution >= 4 is 23.4 Å². The van der Waals surface area contributed by atoms with Crippen molar-refractivity contribution in [2.24, 2.45) is 10.7 Å². The fourth-order valence-electron chi connectivity index (χ4n) is 5.05. The Balaban J connectivity index is 0.000000859. The number of rotatable bonds is 15. The van der Waals surface area contributed by atoms with E-state index in [0.717, 1.165) is 42.4 Å². The van der Waals surface area contributed by atoms with Gasteiger partial charge in [-0.2, -0.15) is 0 Å². The maximum absolute atomic E-state index is 14.8. The van der Waals surface area contributed by atoms with Gasteiger partial charge in [0.25, 0.3) is 5.91 Å². The monoisotopic (exact) mass is 721 g/mol. The SMILES string of the molecule is C=C(NCC#Cc1nccn1C(C)C)C(=O)NCc1ccccc1C(=C)NC1(c2cc(F)cc(/C(C=NC3CC3)=C/N)c2)CC1.CCCC.CCCC. The summed E-state index contributed by atoms with van der Waals surface area (Å²) in [6.07, 6.45) is 15.9. The summed E-state index contributed by atoms with van der Waals surface area (Å²) in [7, 11) is 0. The second-order valence-corrected chi connectivity index (χ2v) is 13.8. The topological polar surface area (TPSA) is 109 Å². The molecule has 1 aromatic heterocycles. The van der Waals surface area contributed by atoms with Gasteiger partial charge in [-0.3, -0.25) is 9.79 Å². The lowest BCUT2D eigenvalue weighted by molar-refractivity contribution is -0.118. The highest BCUT2D eigenvalue weighted by Crippen LogP contribution is 2.47. The van der Waals surface area contributed by atoms with E-state index >= 15 is 0 Å². The molecule has 0 unspecified atom stereocenters. The predicted molar refractivity (Wildman–Crippen MR) is 219 cm³/mol. The highest BCUT2D eigenvalue weighted by atomic mass is 19.1. The molecule has 0 spiro atoms. The highest BCUT2D eigenvalue weighted by molar-refractivity contribution is 6.09. The minimum Gasteiger partial charge on any atom is -0.404 e. The van der Waals surface area contributed by atoms with Gasteiger partial charge in [-0.15, -0.1) is 0 Å². The number of benzene rings is 2. The standard InChI is InChI=1S/C36H40FN7O.2C4H10/c1-24(2)44-17-16-40-34(44)10-7-15-39-26(4)35(45)42-22-27-8-5-6-9-33(27)25(3)43-36(13-14-36)30-18-28(19-31(37)20-30)29(21-38)23-41-32-11-12-32;2*1-3-4-2/h5-6,8-9,16-21,23-24,32,39,43H,3-4,11-15,22,38H2,1-2H3,(H,42,45);2*3-4H2,1-2H3/b29-21+,41-23?;;. The number of nitrogens with zero attached hydrogens (tertiary/aromatic N) is 3. The summed E-state index contributed by atoms with van der Waals surface area (Å²) in [6.45, 7) is 21.6. The van der Waals surface area contributed by atoms with E-state index in [1.54, 1.807) is 18.5 Å². The van der Waals surface area contributed by atoms with Crippen LogP contribution in [0.2, 0.25) is 0 Å². The normalized spacial score (nSPS) is 14.2. The molecule has 1 heterocycles. The van der Waals surface area contributed by atoms with Crippen LogP contribution < -0.4 is 21.7 Å². The fourth-order valence-corrected chi connectivity index (χ4v) is 5.05. The molecule has 284 valence electrons. The zero-order valence-corrected chi connectivity index (χ0v) is 32.7. The van der Waals surface area contributed by atoms with Crippen LogP contribution in [0.4, 0.5) is 4.39 Å². The summed E-state index contributed by atoms with van der Waals surface area (Å²) in [4.78, 5) is 21.6. The molecule has 2 aliphatic carbocycles. The maximum atomic E-state index is 14.8.